The molecule has 21 heavy (non-hydrogen) atoms. The second kappa shape index (κ2) is 8.52. The third-order valence-electron chi connectivity index (χ3n) is 4.49. The van der Waals surface area contributed by atoms with Crippen molar-refractivity contribution in [3.8, 4) is 0 Å². The number of rotatable bonds is 7. The molecular formula is C18H29NO2. The van der Waals surface area contributed by atoms with Crippen molar-refractivity contribution in [1.29, 1.82) is 0 Å². The Morgan fingerprint density at radius 3 is 2.95 bits per heavy atom. The fourth-order valence-corrected chi connectivity index (χ4v) is 3.20. The molecule has 1 unspecified atom stereocenters. The monoisotopic (exact) mass is 291 g/mol. The number of fused-ring (bicyclic) bond motifs is 1. The van der Waals surface area contributed by atoms with Gasteiger partial charge in [-0.25, -0.2) is 0 Å². The second-order valence-electron chi connectivity index (χ2n) is 6.15. The number of nitrogens with zero attached hydrogens (tertiary/aromatic N) is 1. The lowest BCUT2D eigenvalue weighted by Crippen LogP contribution is -2.24. The van der Waals surface area contributed by atoms with Gasteiger partial charge in [-0.3, -0.25) is 0 Å². The first-order valence-corrected chi connectivity index (χ1v) is 8.18. The highest BCUT2D eigenvalue weighted by Crippen LogP contribution is 2.31. The van der Waals surface area contributed by atoms with Crippen LogP contribution in [-0.2, 0) is 17.6 Å². The third-order valence-corrected chi connectivity index (χ3v) is 4.49. The fraction of sp³-hybridized carbons (Fsp3) is 0.667. The summed E-state index contributed by atoms with van der Waals surface area (Å²) in [6.45, 7) is 2.88. The maximum absolute atomic E-state index is 10.3. The summed E-state index contributed by atoms with van der Waals surface area (Å²) in [7, 11) is 3.90. The summed E-state index contributed by atoms with van der Waals surface area (Å²) in [6.07, 6.45) is 6.38. The summed E-state index contributed by atoms with van der Waals surface area (Å²) >= 11 is 0. The van der Waals surface area contributed by atoms with Crippen molar-refractivity contribution in [1.82, 2.24) is 4.90 Å². The van der Waals surface area contributed by atoms with Gasteiger partial charge in [0.1, 0.15) is 0 Å². The molecule has 1 aliphatic rings. The molecule has 1 aromatic rings. The van der Waals surface area contributed by atoms with Crippen LogP contribution in [0.5, 0.6) is 0 Å². The van der Waals surface area contributed by atoms with Gasteiger partial charge >= 0.3 is 0 Å². The number of benzene rings is 1. The summed E-state index contributed by atoms with van der Waals surface area (Å²) in [5.74, 6) is 0. The molecule has 1 aromatic carbocycles. The molecule has 3 heteroatoms. The van der Waals surface area contributed by atoms with Crippen LogP contribution < -0.4 is 0 Å². The molecule has 0 fully saturated rings. The Balaban J connectivity index is 1.93. The molecule has 0 heterocycles. The van der Waals surface area contributed by atoms with Crippen molar-refractivity contribution < 1.29 is 9.84 Å². The second-order valence-corrected chi connectivity index (χ2v) is 6.15. The van der Waals surface area contributed by atoms with E-state index in [2.05, 4.69) is 30.1 Å². The molecule has 1 atom stereocenters. The predicted molar refractivity (Wildman–Crippen MR) is 86.7 cm³/mol. The first-order valence-electron chi connectivity index (χ1n) is 8.18. The van der Waals surface area contributed by atoms with Crippen molar-refractivity contribution in [3.63, 3.8) is 0 Å². The summed E-state index contributed by atoms with van der Waals surface area (Å²) < 4.78 is 5.11. The van der Waals surface area contributed by atoms with E-state index in [1.807, 2.05) is 0 Å². The van der Waals surface area contributed by atoms with Crippen LogP contribution in [0, 0.1) is 0 Å². The summed E-state index contributed by atoms with van der Waals surface area (Å²) in [6, 6.07) is 6.46. The number of hydrogen-bond acceptors (Lipinski definition) is 3. The highest BCUT2D eigenvalue weighted by molar-refractivity contribution is 5.37. The van der Waals surface area contributed by atoms with Gasteiger partial charge in [0.2, 0.25) is 0 Å². The van der Waals surface area contributed by atoms with Crippen LogP contribution in [0.1, 0.15) is 48.5 Å². The standard InChI is InChI=1S/C18H29NO2/c1-19(13-14-21-2)12-6-8-15-7-5-10-17-16(15)9-3-4-11-18(17)20/h5,7,10,18,20H,3-4,6,8-9,11-14H2,1-2H3. The van der Waals surface area contributed by atoms with E-state index in [1.54, 1.807) is 7.11 Å². The summed E-state index contributed by atoms with van der Waals surface area (Å²) in [4.78, 5) is 2.32. The first kappa shape index (κ1) is 16.5. The van der Waals surface area contributed by atoms with Gasteiger partial charge in [0.25, 0.3) is 0 Å². The molecule has 0 aromatic heterocycles. The quantitative estimate of drug-likeness (QED) is 0.784. The molecule has 2 rings (SSSR count). The Hall–Kier alpha value is -0.900. The number of aliphatic hydroxyl groups excluding tert-OH is 1. The Morgan fingerprint density at radius 1 is 1.29 bits per heavy atom. The van der Waals surface area contributed by atoms with Crippen LogP contribution in [0.15, 0.2) is 18.2 Å². The van der Waals surface area contributed by atoms with Gasteiger partial charge in [0, 0.05) is 13.7 Å². The van der Waals surface area contributed by atoms with Crippen LogP contribution in [0.3, 0.4) is 0 Å². The zero-order valence-corrected chi connectivity index (χ0v) is 13.5. The predicted octanol–water partition coefficient (Wildman–Crippen LogP) is 2.96. The summed E-state index contributed by atoms with van der Waals surface area (Å²) in [5.41, 5.74) is 4.04. The molecule has 1 N–H and O–H groups in total. The average Bonchev–Trinajstić information content (AvgIpc) is 2.68. The van der Waals surface area contributed by atoms with Gasteiger partial charge in [-0.1, -0.05) is 24.6 Å². The molecular weight excluding hydrogens is 262 g/mol. The zero-order chi connectivity index (χ0) is 15.1. The Kier molecular flexibility index (Phi) is 6.68. The maximum Gasteiger partial charge on any atom is 0.0792 e. The number of aryl methyl sites for hydroxylation is 1. The van der Waals surface area contributed by atoms with Crippen LogP contribution in [0.2, 0.25) is 0 Å². The highest BCUT2D eigenvalue weighted by atomic mass is 16.5. The molecule has 1 aliphatic carbocycles. The SMILES string of the molecule is COCCN(C)CCCc1cccc2c1CCCCC2O. The van der Waals surface area contributed by atoms with E-state index in [-0.39, 0.29) is 6.10 Å². The largest absolute Gasteiger partial charge is 0.388 e. The molecule has 0 radical (unpaired) electrons. The summed E-state index contributed by atoms with van der Waals surface area (Å²) in [5, 5.41) is 10.3. The van der Waals surface area contributed by atoms with Crippen molar-refractivity contribution in [2.75, 3.05) is 33.9 Å². The van der Waals surface area contributed by atoms with Crippen molar-refractivity contribution >= 4 is 0 Å². The fourth-order valence-electron chi connectivity index (χ4n) is 3.20. The number of methoxy groups -OCH3 is 1. The van der Waals surface area contributed by atoms with Gasteiger partial charge < -0.3 is 14.7 Å². The van der Waals surface area contributed by atoms with Crippen LogP contribution in [0.4, 0.5) is 0 Å². The molecule has 0 amide bonds. The maximum atomic E-state index is 10.3. The normalized spacial score (nSPS) is 18.6. The number of likely N-dealkylation sites (N-methyl/N-ethyl adjacent to an activating group) is 1. The van der Waals surface area contributed by atoms with E-state index in [0.29, 0.717) is 0 Å². The lowest BCUT2D eigenvalue weighted by Gasteiger charge is -2.18. The first-order chi connectivity index (χ1) is 10.2. The average molecular weight is 291 g/mol. The van der Waals surface area contributed by atoms with Gasteiger partial charge in [0.15, 0.2) is 0 Å². The number of hydrogen-bond donors (Lipinski definition) is 1. The lowest BCUT2D eigenvalue weighted by atomic mass is 9.93. The van der Waals surface area contributed by atoms with E-state index in [4.69, 9.17) is 4.74 Å². The number of aliphatic hydroxyl groups is 1. The molecule has 0 bridgehead atoms. The Morgan fingerprint density at radius 2 is 2.14 bits per heavy atom. The lowest BCUT2D eigenvalue weighted by molar-refractivity contribution is 0.160. The molecule has 0 saturated carbocycles. The van der Waals surface area contributed by atoms with Gasteiger partial charge in [-0.05, 0) is 62.4 Å². The van der Waals surface area contributed by atoms with Crippen LogP contribution >= 0.6 is 0 Å². The van der Waals surface area contributed by atoms with Gasteiger partial charge in [0.05, 0.1) is 12.7 Å². The molecule has 118 valence electrons. The van der Waals surface area contributed by atoms with Crippen LogP contribution in [-0.4, -0.2) is 43.9 Å². The smallest absolute Gasteiger partial charge is 0.0792 e. The van der Waals surface area contributed by atoms with Crippen LogP contribution in [0.25, 0.3) is 0 Å². The van der Waals surface area contributed by atoms with E-state index in [9.17, 15) is 5.11 Å². The van der Waals surface area contributed by atoms with Crippen molar-refractivity contribution in [2.45, 2.75) is 44.6 Å². The number of ether oxygens (including phenoxy) is 1. The van der Waals surface area contributed by atoms with E-state index >= 15 is 0 Å². The topological polar surface area (TPSA) is 32.7 Å². The van der Waals surface area contributed by atoms with Crippen molar-refractivity contribution in [3.05, 3.63) is 34.9 Å². The van der Waals surface area contributed by atoms with E-state index in [0.717, 1.165) is 51.8 Å². The minimum absolute atomic E-state index is 0.258. The highest BCUT2D eigenvalue weighted by Gasteiger charge is 2.18. The van der Waals surface area contributed by atoms with Crippen molar-refractivity contribution in [2.24, 2.45) is 0 Å². The molecule has 3 nitrogen and oxygen atoms in total. The Bertz CT molecular complexity index is 433. The minimum atomic E-state index is -0.258. The minimum Gasteiger partial charge on any atom is -0.388 e. The van der Waals surface area contributed by atoms with Gasteiger partial charge in [-0.15, -0.1) is 0 Å². The van der Waals surface area contributed by atoms with Gasteiger partial charge in [-0.2, -0.15) is 0 Å². The zero-order valence-electron chi connectivity index (χ0n) is 13.5. The third kappa shape index (κ3) is 4.80. The van der Waals surface area contributed by atoms with E-state index < -0.39 is 0 Å². The molecule has 0 aliphatic heterocycles. The molecule has 0 spiro atoms. The Labute approximate surface area is 128 Å². The molecule has 0 saturated heterocycles. The van der Waals surface area contributed by atoms with E-state index in [1.165, 1.54) is 23.1 Å².